The van der Waals surface area contributed by atoms with Gasteiger partial charge in [0.05, 0.1) is 5.56 Å². The summed E-state index contributed by atoms with van der Waals surface area (Å²) < 4.78 is 5.63. The molecule has 0 N–H and O–H groups in total. The number of carbonyl (C=O) groups is 1. The fraction of sp³-hybridized carbons (Fsp3) is 0.450. The van der Waals surface area contributed by atoms with Crippen LogP contribution in [0.5, 0.6) is 0 Å². The van der Waals surface area contributed by atoms with Crippen LogP contribution in [0, 0.1) is 20.8 Å². The molecular formula is C20H26N2O2. The zero-order chi connectivity index (χ0) is 17.1. The third kappa shape index (κ3) is 3.54. The molecule has 1 aromatic carbocycles. The zero-order valence-corrected chi connectivity index (χ0v) is 14.8. The summed E-state index contributed by atoms with van der Waals surface area (Å²) in [4.78, 5) is 17.3. The molecule has 0 unspecified atom stereocenters. The monoisotopic (exact) mass is 326 g/mol. The van der Waals surface area contributed by atoms with Gasteiger partial charge < -0.3 is 9.32 Å². The van der Waals surface area contributed by atoms with Crippen molar-refractivity contribution < 1.29 is 9.21 Å². The van der Waals surface area contributed by atoms with Crippen molar-refractivity contribution in [1.29, 1.82) is 0 Å². The molecule has 1 aliphatic rings. The van der Waals surface area contributed by atoms with Crippen molar-refractivity contribution in [2.45, 2.75) is 33.7 Å². The van der Waals surface area contributed by atoms with Crippen molar-refractivity contribution in [3.05, 3.63) is 58.5 Å². The van der Waals surface area contributed by atoms with Gasteiger partial charge in [0.25, 0.3) is 5.91 Å². The number of benzene rings is 1. The molecule has 0 bridgehead atoms. The second kappa shape index (κ2) is 7.22. The molecule has 1 amide bonds. The van der Waals surface area contributed by atoms with Crippen LogP contribution in [0.2, 0.25) is 0 Å². The normalized spacial score (nSPS) is 16.2. The first-order valence-electron chi connectivity index (χ1n) is 8.68. The predicted octanol–water partition coefficient (Wildman–Crippen LogP) is 3.55. The van der Waals surface area contributed by atoms with Gasteiger partial charge in [-0.1, -0.05) is 30.3 Å². The van der Waals surface area contributed by atoms with Gasteiger partial charge in [0.2, 0.25) is 0 Å². The highest BCUT2D eigenvalue weighted by atomic mass is 16.3. The molecule has 128 valence electrons. The lowest BCUT2D eigenvalue weighted by atomic mass is 10.1. The Kier molecular flexibility index (Phi) is 5.05. The van der Waals surface area contributed by atoms with Crippen LogP contribution in [0.25, 0.3) is 0 Å². The summed E-state index contributed by atoms with van der Waals surface area (Å²) in [6.45, 7) is 10.2. The van der Waals surface area contributed by atoms with E-state index in [9.17, 15) is 4.79 Å². The summed E-state index contributed by atoms with van der Waals surface area (Å²) in [6.07, 6.45) is 1.01. The highest BCUT2D eigenvalue weighted by molar-refractivity contribution is 5.96. The van der Waals surface area contributed by atoms with Gasteiger partial charge in [-0.15, -0.1) is 0 Å². The van der Waals surface area contributed by atoms with Crippen molar-refractivity contribution in [3.63, 3.8) is 0 Å². The fourth-order valence-electron chi connectivity index (χ4n) is 3.44. The van der Waals surface area contributed by atoms with Gasteiger partial charge in [-0.25, -0.2) is 0 Å². The van der Waals surface area contributed by atoms with E-state index < -0.39 is 0 Å². The predicted molar refractivity (Wildman–Crippen MR) is 95.2 cm³/mol. The van der Waals surface area contributed by atoms with Crippen LogP contribution in [0.15, 0.2) is 34.7 Å². The van der Waals surface area contributed by atoms with Crippen molar-refractivity contribution in [3.8, 4) is 0 Å². The Labute approximate surface area is 144 Å². The SMILES string of the molecule is Cc1oc(C)c(C(=O)N2CCCN(Cc3ccccc3)CC2)c1C. The van der Waals surface area contributed by atoms with Crippen LogP contribution in [-0.2, 0) is 6.54 Å². The Morgan fingerprint density at radius 2 is 1.75 bits per heavy atom. The molecule has 1 fully saturated rings. The first-order chi connectivity index (χ1) is 11.6. The maximum atomic E-state index is 12.9. The molecule has 3 rings (SSSR count). The number of aryl methyl sites for hydroxylation is 2. The van der Waals surface area contributed by atoms with Gasteiger partial charge in [-0.05, 0) is 32.8 Å². The second-order valence-corrected chi connectivity index (χ2v) is 6.62. The number of furan rings is 1. The summed E-state index contributed by atoms with van der Waals surface area (Å²) in [5.74, 6) is 1.69. The third-order valence-corrected chi connectivity index (χ3v) is 4.90. The molecule has 1 aliphatic heterocycles. The Morgan fingerprint density at radius 3 is 2.42 bits per heavy atom. The molecule has 4 nitrogen and oxygen atoms in total. The van der Waals surface area contributed by atoms with E-state index in [4.69, 9.17) is 4.42 Å². The molecule has 0 radical (unpaired) electrons. The zero-order valence-electron chi connectivity index (χ0n) is 14.8. The fourth-order valence-corrected chi connectivity index (χ4v) is 3.44. The Bertz CT molecular complexity index is 706. The van der Waals surface area contributed by atoms with Gasteiger partial charge in [0, 0.05) is 38.3 Å². The van der Waals surface area contributed by atoms with E-state index in [2.05, 4.69) is 29.2 Å². The minimum absolute atomic E-state index is 0.114. The third-order valence-electron chi connectivity index (χ3n) is 4.90. The molecule has 0 aliphatic carbocycles. The Balaban J connectivity index is 1.66. The molecule has 0 spiro atoms. The maximum absolute atomic E-state index is 12.9. The standard InChI is InChI=1S/C20H26N2O2/c1-15-16(2)24-17(3)19(15)20(23)22-11-7-10-21(12-13-22)14-18-8-5-4-6-9-18/h4-6,8-9H,7,10-14H2,1-3H3. The van der Waals surface area contributed by atoms with Gasteiger partial charge >= 0.3 is 0 Å². The minimum atomic E-state index is 0.114. The van der Waals surface area contributed by atoms with E-state index in [1.54, 1.807) is 0 Å². The van der Waals surface area contributed by atoms with E-state index in [-0.39, 0.29) is 5.91 Å². The molecule has 1 saturated heterocycles. The smallest absolute Gasteiger partial charge is 0.257 e. The number of hydrogen-bond donors (Lipinski definition) is 0. The molecule has 2 heterocycles. The van der Waals surface area contributed by atoms with Crippen molar-refractivity contribution in [1.82, 2.24) is 9.80 Å². The number of nitrogens with zero attached hydrogens (tertiary/aromatic N) is 2. The lowest BCUT2D eigenvalue weighted by Crippen LogP contribution is -2.35. The molecule has 4 heteroatoms. The van der Waals surface area contributed by atoms with Gasteiger partial charge in [-0.3, -0.25) is 9.69 Å². The van der Waals surface area contributed by atoms with Crippen LogP contribution in [0.1, 0.15) is 39.4 Å². The first kappa shape index (κ1) is 16.8. The van der Waals surface area contributed by atoms with Crippen molar-refractivity contribution in [2.75, 3.05) is 26.2 Å². The molecular weight excluding hydrogens is 300 g/mol. The second-order valence-electron chi connectivity index (χ2n) is 6.62. The summed E-state index contributed by atoms with van der Waals surface area (Å²) in [6, 6.07) is 10.5. The van der Waals surface area contributed by atoms with Crippen LogP contribution < -0.4 is 0 Å². The average molecular weight is 326 g/mol. The van der Waals surface area contributed by atoms with Crippen LogP contribution in [-0.4, -0.2) is 41.9 Å². The van der Waals surface area contributed by atoms with Gasteiger partial charge in [-0.2, -0.15) is 0 Å². The highest BCUT2D eigenvalue weighted by Crippen LogP contribution is 2.23. The lowest BCUT2D eigenvalue weighted by molar-refractivity contribution is 0.0758. The number of rotatable bonds is 3. The number of amides is 1. The summed E-state index contributed by atoms with van der Waals surface area (Å²) in [5.41, 5.74) is 3.06. The Hall–Kier alpha value is -2.07. The molecule has 1 aromatic heterocycles. The lowest BCUT2D eigenvalue weighted by Gasteiger charge is -2.22. The van der Waals surface area contributed by atoms with E-state index >= 15 is 0 Å². The van der Waals surface area contributed by atoms with E-state index in [0.29, 0.717) is 0 Å². The summed E-state index contributed by atoms with van der Waals surface area (Å²) in [5, 5.41) is 0. The average Bonchev–Trinajstić information content (AvgIpc) is 2.74. The Morgan fingerprint density at radius 1 is 1.00 bits per heavy atom. The molecule has 24 heavy (non-hydrogen) atoms. The maximum Gasteiger partial charge on any atom is 0.257 e. The first-order valence-corrected chi connectivity index (χ1v) is 8.68. The van der Waals surface area contributed by atoms with Gasteiger partial charge in [0.15, 0.2) is 0 Å². The quantitative estimate of drug-likeness (QED) is 0.865. The summed E-state index contributed by atoms with van der Waals surface area (Å²) in [7, 11) is 0. The van der Waals surface area contributed by atoms with Crippen molar-refractivity contribution in [2.24, 2.45) is 0 Å². The number of carbonyl (C=O) groups excluding carboxylic acids is 1. The van der Waals surface area contributed by atoms with Gasteiger partial charge in [0.1, 0.15) is 11.5 Å². The topological polar surface area (TPSA) is 36.7 Å². The molecule has 0 atom stereocenters. The number of hydrogen-bond acceptors (Lipinski definition) is 3. The van der Waals surface area contributed by atoms with Crippen LogP contribution in [0.3, 0.4) is 0 Å². The highest BCUT2D eigenvalue weighted by Gasteiger charge is 2.25. The van der Waals surface area contributed by atoms with E-state index in [0.717, 1.165) is 61.8 Å². The van der Waals surface area contributed by atoms with Crippen LogP contribution in [0.4, 0.5) is 0 Å². The molecule has 0 saturated carbocycles. The van der Waals surface area contributed by atoms with E-state index in [1.807, 2.05) is 31.7 Å². The van der Waals surface area contributed by atoms with Crippen LogP contribution >= 0.6 is 0 Å². The summed E-state index contributed by atoms with van der Waals surface area (Å²) >= 11 is 0. The van der Waals surface area contributed by atoms with E-state index in [1.165, 1.54) is 5.56 Å². The largest absolute Gasteiger partial charge is 0.466 e. The minimum Gasteiger partial charge on any atom is -0.466 e. The van der Waals surface area contributed by atoms with Crippen molar-refractivity contribution >= 4 is 5.91 Å². The molecule has 2 aromatic rings.